The molecule has 0 aliphatic carbocycles. The maximum absolute atomic E-state index is 12.3. The molecule has 1 aromatic carbocycles. The lowest BCUT2D eigenvalue weighted by Gasteiger charge is -2.32. The minimum absolute atomic E-state index is 0.136. The molecule has 1 aromatic heterocycles. The van der Waals surface area contributed by atoms with Gasteiger partial charge in [0.1, 0.15) is 0 Å². The van der Waals surface area contributed by atoms with Crippen LogP contribution in [0.5, 0.6) is 0 Å². The SMILES string of the molecule is CC(CNS(=O)(=O)c1cccc(Cl)c1)N1CCc2sccc2C1. The molecule has 0 fully saturated rings. The minimum Gasteiger partial charge on any atom is -0.295 e. The van der Waals surface area contributed by atoms with Gasteiger partial charge in [0.2, 0.25) is 10.0 Å². The van der Waals surface area contributed by atoms with Gasteiger partial charge in [-0.1, -0.05) is 17.7 Å². The Morgan fingerprint density at radius 1 is 1.39 bits per heavy atom. The molecule has 0 radical (unpaired) electrons. The summed E-state index contributed by atoms with van der Waals surface area (Å²) in [7, 11) is -3.53. The van der Waals surface area contributed by atoms with Crippen LogP contribution in [0.1, 0.15) is 17.4 Å². The zero-order valence-electron chi connectivity index (χ0n) is 12.8. The smallest absolute Gasteiger partial charge is 0.240 e. The molecule has 124 valence electrons. The highest BCUT2D eigenvalue weighted by Crippen LogP contribution is 2.25. The molecule has 0 spiro atoms. The highest BCUT2D eigenvalue weighted by molar-refractivity contribution is 7.89. The number of halogens is 1. The number of nitrogens with one attached hydrogen (secondary N) is 1. The van der Waals surface area contributed by atoms with Crippen molar-refractivity contribution in [2.45, 2.75) is 30.8 Å². The first-order valence-corrected chi connectivity index (χ1v) is 10.2. The number of rotatable bonds is 5. The van der Waals surface area contributed by atoms with E-state index < -0.39 is 10.0 Å². The lowest BCUT2D eigenvalue weighted by atomic mass is 10.1. The third kappa shape index (κ3) is 3.95. The van der Waals surface area contributed by atoms with Crippen LogP contribution >= 0.6 is 22.9 Å². The average Bonchev–Trinajstić information content (AvgIpc) is 3.00. The summed E-state index contributed by atoms with van der Waals surface area (Å²) in [6, 6.07) is 8.62. The third-order valence-corrected chi connectivity index (χ3v) is 6.82. The van der Waals surface area contributed by atoms with E-state index in [0.29, 0.717) is 11.6 Å². The molecule has 23 heavy (non-hydrogen) atoms. The van der Waals surface area contributed by atoms with Crippen LogP contribution in [0.3, 0.4) is 0 Å². The van der Waals surface area contributed by atoms with Gasteiger partial charge in [-0.05, 0) is 48.6 Å². The molecule has 0 bridgehead atoms. The second-order valence-corrected chi connectivity index (χ2v) is 8.95. The fourth-order valence-corrected chi connectivity index (χ4v) is 5.04. The summed E-state index contributed by atoms with van der Waals surface area (Å²) in [5, 5.41) is 2.54. The van der Waals surface area contributed by atoms with Gasteiger partial charge >= 0.3 is 0 Å². The van der Waals surface area contributed by atoms with Gasteiger partial charge in [0.25, 0.3) is 0 Å². The van der Waals surface area contributed by atoms with E-state index in [2.05, 4.69) is 28.0 Å². The monoisotopic (exact) mass is 370 g/mol. The highest BCUT2D eigenvalue weighted by Gasteiger charge is 2.23. The Balaban J connectivity index is 1.62. The summed E-state index contributed by atoms with van der Waals surface area (Å²) in [6.07, 6.45) is 1.04. The maximum atomic E-state index is 12.3. The number of sulfonamides is 1. The Morgan fingerprint density at radius 2 is 2.22 bits per heavy atom. The molecule has 2 aromatic rings. The van der Waals surface area contributed by atoms with Gasteiger partial charge in [-0.3, -0.25) is 4.90 Å². The Kier molecular flexibility index (Phi) is 5.08. The number of nitrogens with zero attached hydrogens (tertiary/aromatic N) is 1. The van der Waals surface area contributed by atoms with E-state index in [0.717, 1.165) is 19.5 Å². The fraction of sp³-hybridized carbons (Fsp3) is 0.375. The number of benzene rings is 1. The van der Waals surface area contributed by atoms with Crippen molar-refractivity contribution in [3.8, 4) is 0 Å². The fourth-order valence-electron chi connectivity index (χ4n) is 2.72. The van der Waals surface area contributed by atoms with Crippen molar-refractivity contribution < 1.29 is 8.42 Å². The van der Waals surface area contributed by atoms with Crippen LogP contribution in [0.2, 0.25) is 5.02 Å². The normalized spacial score (nSPS) is 17.0. The Hall–Kier alpha value is -0.920. The second kappa shape index (κ2) is 6.91. The molecule has 1 unspecified atom stereocenters. The van der Waals surface area contributed by atoms with Gasteiger partial charge in [-0.2, -0.15) is 0 Å². The summed E-state index contributed by atoms with van der Waals surface area (Å²) in [5.74, 6) is 0. The molecular formula is C16H19ClN2O2S2. The van der Waals surface area contributed by atoms with Crippen LogP contribution < -0.4 is 4.72 Å². The van der Waals surface area contributed by atoms with Gasteiger partial charge in [-0.25, -0.2) is 13.1 Å². The molecule has 3 rings (SSSR count). The topological polar surface area (TPSA) is 49.4 Å². The van der Waals surface area contributed by atoms with E-state index in [1.165, 1.54) is 16.5 Å². The van der Waals surface area contributed by atoms with Crippen molar-refractivity contribution in [3.63, 3.8) is 0 Å². The lowest BCUT2D eigenvalue weighted by Crippen LogP contribution is -2.44. The molecule has 4 nitrogen and oxygen atoms in total. The standard InChI is InChI=1S/C16H19ClN2O2S2/c1-12(19-7-5-16-13(11-19)6-8-22-16)10-18-23(20,21)15-4-2-3-14(17)9-15/h2-4,6,8-9,12,18H,5,7,10-11H2,1H3. The first kappa shape index (κ1) is 16.9. The molecule has 1 aliphatic rings. The van der Waals surface area contributed by atoms with Crippen molar-refractivity contribution in [1.82, 2.24) is 9.62 Å². The molecule has 0 saturated heterocycles. The Labute approximate surface area is 146 Å². The van der Waals surface area contributed by atoms with Gasteiger partial charge in [0.15, 0.2) is 0 Å². The van der Waals surface area contributed by atoms with E-state index in [1.807, 2.05) is 0 Å². The average molecular weight is 371 g/mol. The Bertz CT molecular complexity index is 789. The van der Waals surface area contributed by atoms with Gasteiger partial charge < -0.3 is 0 Å². The summed E-state index contributed by atoms with van der Waals surface area (Å²) < 4.78 is 27.4. The predicted octanol–water partition coefficient (Wildman–Crippen LogP) is 3.13. The zero-order chi connectivity index (χ0) is 16.4. The van der Waals surface area contributed by atoms with E-state index in [9.17, 15) is 8.42 Å². The van der Waals surface area contributed by atoms with E-state index >= 15 is 0 Å². The van der Waals surface area contributed by atoms with Crippen molar-refractivity contribution in [1.29, 1.82) is 0 Å². The second-order valence-electron chi connectivity index (χ2n) is 5.75. The summed E-state index contributed by atoms with van der Waals surface area (Å²) in [6.45, 7) is 4.29. The number of fused-ring (bicyclic) bond motifs is 1. The van der Waals surface area contributed by atoms with Crippen LogP contribution in [-0.2, 0) is 23.0 Å². The number of thiophene rings is 1. The van der Waals surface area contributed by atoms with Crippen LogP contribution in [0.4, 0.5) is 0 Å². The van der Waals surface area contributed by atoms with E-state index in [1.54, 1.807) is 29.5 Å². The predicted molar refractivity (Wildman–Crippen MR) is 94.5 cm³/mol. The first-order chi connectivity index (χ1) is 11.0. The van der Waals surface area contributed by atoms with Gasteiger partial charge in [-0.15, -0.1) is 11.3 Å². The van der Waals surface area contributed by atoms with Crippen LogP contribution in [0.25, 0.3) is 0 Å². The quantitative estimate of drug-likeness (QED) is 0.879. The summed E-state index contributed by atoms with van der Waals surface area (Å²) in [5.41, 5.74) is 1.37. The van der Waals surface area contributed by atoms with Crippen molar-refractivity contribution in [2.24, 2.45) is 0 Å². The largest absolute Gasteiger partial charge is 0.295 e. The third-order valence-electron chi connectivity index (χ3n) is 4.14. The molecule has 7 heteroatoms. The minimum atomic E-state index is -3.53. The van der Waals surface area contributed by atoms with Crippen LogP contribution in [0, 0.1) is 0 Å². The highest BCUT2D eigenvalue weighted by atomic mass is 35.5. The van der Waals surface area contributed by atoms with Gasteiger partial charge in [0.05, 0.1) is 4.90 Å². The molecule has 1 aliphatic heterocycles. The molecule has 1 atom stereocenters. The number of hydrogen-bond acceptors (Lipinski definition) is 4. The summed E-state index contributed by atoms with van der Waals surface area (Å²) >= 11 is 7.68. The molecule has 1 N–H and O–H groups in total. The molecule has 0 saturated carbocycles. The number of hydrogen-bond donors (Lipinski definition) is 1. The van der Waals surface area contributed by atoms with Crippen molar-refractivity contribution in [2.75, 3.05) is 13.1 Å². The van der Waals surface area contributed by atoms with Gasteiger partial charge in [0, 0.05) is 35.6 Å². The molecule has 0 amide bonds. The molecule has 2 heterocycles. The van der Waals surface area contributed by atoms with E-state index in [4.69, 9.17) is 11.6 Å². The van der Waals surface area contributed by atoms with Crippen LogP contribution in [-0.4, -0.2) is 32.4 Å². The van der Waals surface area contributed by atoms with Crippen LogP contribution in [0.15, 0.2) is 40.6 Å². The van der Waals surface area contributed by atoms with Crippen molar-refractivity contribution >= 4 is 33.0 Å². The van der Waals surface area contributed by atoms with Crippen molar-refractivity contribution in [3.05, 3.63) is 51.2 Å². The first-order valence-electron chi connectivity index (χ1n) is 7.50. The molecular weight excluding hydrogens is 352 g/mol. The zero-order valence-corrected chi connectivity index (χ0v) is 15.2. The van der Waals surface area contributed by atoms with E-state index in [-0.39, 0.29) is 10.9 Å². The lowest BCUT2D eigenvalue weighted by molar-refractivity contribution is 0.193. The summed E-state index contributed by atoms with van der Waals surface area (Å²) in [4.78, 5) is 3.97. The maximum Gasteiger partial charge on any atom is 0.240 e. The Morgan fingerprint density at radius 3 is 3.00 bits per heavy atom.